The number of aromatic nitrogens is 1. The summed E-state index contributed by atoms with van der Waals surface area (Å²) < 4.78 is 10.4. The Morgan fingerprint density at radius 2 is 2.04 bits per heavy atom. The zero-order chi connectivity index (χ0) is 19.0. The fourth-order valence-electron chi connectivity index (χ4n) is 3.42. The molecule has 3 N–H and O–H groups in total. The number of amides is 1. The van der Waals surface area contributed by atoms with Crippen molar-refractivity contribution in [3.8, 4) is 0 Å². The quantitative estimate of drug-likeness (QED) is 0.616. The highest BCUT2D eigenvalue weighted by Gasteiger charge is 2.22. The predicted octanol–water partition coefficient (Wildman–Crippen LogP) is 2.52. The van der Waals surface area contributed by atoms with Gasteiger partial charge in [0.05, 0.1) is 5.52 Å². The van der Waals surface area contributed by atoms with E-state index in [1.165, 1.54) is 6.07 Å². The molecule has 0 saturated carbocycles. The van der Waals surface area contributed by atoms with Crippen molar-refractivity contribution in [1.82, 2.24) is 10.3 Å². The summed E-state index contributed by atoms with van der Waals surface area (Å²) in [6.07, 6.45) is 1.97. The van der Waals surface area contributed by atoms with Gasteiger partial charge in [-0.05, 0) is 50.1 Å². The first-order chi connectivity index (χ1) is 13.0. The highest BCUT2D eigenvalue weighted by atomic mass is 35.5. The van der Waals surface area contributed by atoms with Gasteiger partial charge in [0.1, 0.15) is 11.3 Å². The molecule has 0 spiro atoms. The fraction of sp³-hybridized carbons (Fsp3) is 0.316. The first kappa shape index (κ1) is 19.9. The number of hydrogen-bond donors (Lipinski definition) is 3. The Kier molecular flexibility index (Phi) is 5.71. The third kappa shape index (κ3) is 3.88. The monoisotopic (exact) mass is 405 g/mol. The second-order valence-corrected chi connectivity index (χ2v) is 6.72. The minimum Gasteiger partial charge on any atom is -0.427 e. The van der Waals surface area contributed by atoms with Crippen LogP contribution in [0.5, 0.6) is 0 Å². The van der Waals surface area contributed by atoms with Crippen molar-refractivity contribution in [1.29, 1.82) is 0 Å². The van der Waals surface area contributed by atoms with E-state index in [0.717, 1.165) is 25.9 Å². The van der Waals surface area contributed by atoms with Crippen LogP contribution in [0.25, 0.3) is 11.1 Å². The number of anilines is 1. The summed E-state index contributed by atoms with van der Waals surface area (Å²) in [5.74, 6) is -0.387. The molecule has 9 heteroatoms. The van der Waals surface area contributed by atoms with Crippen molar-refractivity contribution in [2.24, 2.45) is 0 Å². The van der Waals surface area contributed by atoms with E-state index in [1.807, 2.05) is 0 Å². The maximum atomic E-state index is 12.6. The van der Waals surface area contributed by atoms with Gasteiger partial charge in [-0.15, -0.1) is 12.4 Å². The van der Waals surface area contributed by atoms with E-state index in [4.69, 9.17) is 8.83 Å². The average molecular weight is 406 g/mol. The number of nitrogens with one attached hydrogen (secondary N) is 3. The highest BCUT2D eigenvalue weighted by molar-refractivity contribution is 6.05. The third-order valence-electron chi connectivity index (χ3n) is 4.77. The minimum atomic E-state index is -0.651. The lowest BCUT2D eigenvalue weighted by atomic mass is 9.95. The first-order valence-electron chi connectivity index (χ1n) is 8.81. The lowest BCUT2D eigenvalue weighted by Crippen LogP contribution is -2.30. The molecule has 1 atom stereocenters. The summed E-state index contributed by atoms with van der Waals surface area (Å²) in [6, 6.07) is 6.52. The van der Waals surface area contributed by atoms with E-state index in [2.05, 4.69) is 15.6 Å². The number of piperidine rings is 1. The number of oxazole rings is 1. The summed E-state index contributed by atoms with van der Waals surface area (Å²) in [6.45, 7) is 3.45. The molecule has 28 heavy (non-hydrogen) atoms. The summed E-state index contributed by atoms with van der Waals surface area (Å²) >= 11 is 0. The lowest BCUT2D eigenvalue weighted by Gasteiger charge is -2.22. The molecule has 1 saturated heterocycles. The van der Waals surface area contributed by atoms with Crippen molar-refractivity contribution in [2.45, 2.75) is 25.7 Å². The van der Waals surface area contributed by atoms with Crippen LogP contribution in [0.2, 0.25) is 0 Å². The molecule has 1 unspecified atom stereocenters. The molecule has 0 radical (unpaired) electrons. The normalized spacial score (nSPS) is 16.5. The summed E-state index contributed by atoms with van der Waals surface area (Å²) in [7, 11) is 0. The summed E-state index contributed by atoms with van der Waals surface area (Å²) in [5.41, 5.74) is 1.15. The van der Waals surface area contributed by atoms with E-state index in [-0.39, 0.29) is 23.9 Å². The maximum Gasteiger partial charge on any atom is 0.417 e. The summed E-state index contributed by atoms with van der Waals surface area (Å²) in [5, 5.41) is 5.94. The van der Waals surface area contributed by atoms with Gasteiger partial charge in [0.25, 0.3) is 5.91 Å². The van der Waals surface area contributed by atoms with E-state index in [9.17, 15) is 14.4 Å². The van der Waals surface area contributed by atoms with Crippen LogP contribution in [0, 0.1) is 6.92 Å². The number of halogens is 1. The van der Waals surface area contributed by atoms with Crippen molar-refractivity contribution < 1.29 is 13.6 Å². The van der Waals surface area contributed by atoms with Crippen LogP contribution in [0.4, 0.5) is 5.69 Å². The van der Waals surface area contributed by atoms with Crippen LogP contribution in [-0.4, -0.2) is 24.0 Å². The maximum absolute atomic E-state index is 12.6. The molecule has 1 aliphatic heterocycles. The summed E-state index contributed by atoms with van der Waals surface area (Å²) in [4.78, 5) is 38.8. The smallest absolute Gasteiger partial charge is 0.417 e. The van der Waals surface area contributed by atoms with E-state index >= 15 is 0 Å². The minimum absolute atomic E-state index is 0. The van der Waals surface area contributed by atoms with Crippen molar-refractivity contribution in [3.63, 3.8) is 0 Å². The molecule has 1 amide bonds. The molecule has 8 nitrogen and oxygen atoms in total. The van der Waals surface area contributed by atoms with Gasteiger partial charge in [0.2, 0.25) is 0 Å². The molecule has 1 aliphatic rings. The molecular formula is C19H20ClN3O5. The molecule has 0 aliphatic carbocycles. The van der Waals surface area contributed by atoms with Crippen molar-refractivity contribution in [2.75, 3.05) is 18.4 Å². The predicted molar refractivity (Wildman–Crippen MR) is 107 cm³/mol. The van der Waals surface area contributed by atoms with Crippen LogP contribution < -0.4 is 22.0 Å². The Balaban J connectivity index is 0.00000225. The number of aryl methyl sites for hydroxylation is 1. The number of benzene rings is 1. The van der Waals surface area contributed by atoms with E-state index in [1.54, 1.807) is 25.1 Å². The lowest BCUT2D eigenvalue weighted by molar-refractivity contribution is 0.102. The molecule has 3 heterocycles. The molecule has 3 aromatic rings. The van der Waals surface area contributed by atoms with E-state index in [0.29, 0.717) is 28.1 Å². The molecular weight excluding hydrogens is 386 g/mol. The molecule has 0 bridgehead atoms. The average Bonchev–Trinajstić information content (AvgIpc) is 3.01. The van der Waals surface area contributed by atoms with Crippen LogP contribution in [-0.2, 0) is 0 Å². The molecule has 4 rings (SSSR count). The number of aromatic amines is 1. The third-order valence-corrected chi connectivity index (χ3v) is 4.77. The number of carbonyl (C=O) groups is 1. The van der Waals surface area contributed by atoms with Gasteiger partial charge in [-0.25, -0.2) is 9.59 Å². The number of carbonyl (C=O) groups excluding carboxylic acids is 1. The van der Waals surface area contributed by atoms with Gasteiger partial charge >= 0.3 is 11.4 Å². The zero-order valence-electron chi connectivity index (χ0n) is 15.2. The molecule has 1 aromatic carbocycles. The Morgan fingerprint density at radius 1 is 1.21 bits per heavy atom. The first-order valence-corrected chi connectivity index (χ1v) is 8.81. The molecule has 1 fully saturated rings. The van der Waals surface area contributed by atoms with Gasteiger partial charge in [-0.1, -0.05) is 0 Å². The van der Waals surface area contributed by atoms with Crippen LogP contribution >= 0.6 is 12.4 Å². The van der Waals surface area contributed by atoms with E-state index < -0.39 is 17.3 Å². The second-order valence-electron chi connectivity index (χ2n) is 6.72. The van der Waals surface area contributed by atoms with Crippen LogP contribution in [0.3, 0.4) is 0 Å². The second kappa shape index (κ2) is 8.04. The zero-order valence-corrected chi connectivity index (χ0v) is 16.0. The number of H-pyrrole nitrogens is 1. The highest BCUT2D eigenvalue weighted by Crippen LogP contribution is 2.24. The van der Waals surface area contributed by atoms with Crippen molar-refractivity contribution in [3.05, 3.63) is 62.1 Å². The van der Waals surface area contributed by atoms with Gasteiger partial charge in [-0.3, -0.25) is 9.78 Å². The van der Waals surface area contributed by atoms with Crippen molar-refractivity contribution >= 4 is 35.1 Å². The Hall–Kier alpha value is -2.84. The van der Waals surface area contributed by atoms with Crippen LogP contribution in [0.1, 0.15) is 40.4 Å². The molecule has 2 aromatic heterocycles. The Bertz CT molecular complexity index is 1120. The number of hydrogen-bond acceptors (Lipinski definition) is 6. The Morgan fingerprint density at radius 3 is 2.75 bits per heavy atom. The largest absolute Gasteiger partial charge is 0.427 e. The van der Waals surface area contributed by atoms with Gasteiger partial charge < -0.3 is 19.5 Å². The van der Waals surface area contributed by atoms with Crippen LogP contribution in [0.15, 0.2) is 42.7 Å². The number of fused-ring (bicyclic) bond motifs is 1. The Labute approximate surface area is 165 Å². The SMILES string of the molecule is Cc1cc(C2CCCNC2)oc(=O)c1C(=O)Nc1ccc2[nH]c(=O)oc2c1.Cl. The number of rotatable bonds is 3. The van der Waals surface area contributed by atoms with Gasteiger partial charge in [0, 0.05) is 24.2 Å². The topological polar surface area (TPSA) is 117 Å². The van der Waals surface area contributed by atoms with Gasteiger partial charge in [0.15, 0.2) is 5.58 Å². The van der Waals surface area contributed by atoms with Gasteiger partial charge in [-0.2, -0.15) is 0 Å². The molecule has 148 valence electrons. The fourth-order valence-corrected chi connectivity index (χ4v) is 3.42. The standard InChI is InChI=1S/C19H19N3O5.ClH/c1-10-7-14(11-3-2-6-20-9-11)26-18(24)16(10)17(23)21-12-4-5-13-15(8-12)27-19(25)22-13;/h4-5,7-8,11,20H,2-3,6,9H2,1H3,(H,21,23)(H,22,25);1H.